The number of aryl methyl sites for hydroxylation is 2. The van der Waals surface area contributed by atoms with E-state index in [0.717, 1.165) is 61.7 Å². The van der Waals surface area contributed by atoms with Crippen molar-refractivity contribution in [3.05, 3.63) is 29.9 Å². The first-order chi connectivity index (χ1) is 9.81. The molecule has 0 amide bonds. The van der Waals surface area contributed by atoms with Crippen LogP contribution in [0.5, 0.6) is 0 Å². The van der Waals surface area contributed by atoms with E-state index < -0.39 is 0 Å². The highest BCUT2D eigenvalue weighted by atomic mass is 16.3. The summed E-state index contributed by atoms with van der Waals surface area (Å²) in [6.07, 6.45) is 7.65. The van der Waals surface area contributed by atoms with Gasteiger partial charge in [0.15, 0.2) is 0 Å². The van der Waals surface area contributed by atoms with Gasteiger partial charge < -0.3 is 15.1 Å². The summed E-state index contributed by atoms with van der Waals surface area (Å²) in [6, 6.07) is 2.33. The predicted molar refractivity (Wildman–Crippen MR) is 76.6 cm³/mol. The summed E-state index contributed by atoms with van der Waals surface area (Å²) >= 11 is 0. The van der Waals surface area contributed by atoms with Crippen LogP contribution in [0.15, 0.2) is 22.9 Å². The van der Waals surface area contributed by atoms with Crippen molar-refractivity contribution in [3.63, 3.8) is 0 Å². The van der Waals surface area contributed by atoms with Gasteiger partial charge in [0.2, 0.25) is 5.95 Å². The third-order valence-electron chi connectivity index (χ3n) is 4.30. The van der Waals surface area contributed by atoms with Gasteiger partial charge >= 0.3 is 0 Å². The molecular weight excluding hydrogens is 252 g/mol. The molecule has 0 atom stereocenters. The Hall–Kier alpha value is -1.88. The molecule has 1 fully saturated rings. The molecule has 0 unspecified atom stereocenters. The molecule has 0 spiro atoms. The number of hydrogen-bond acceptors (Lipinski definition) is 5. The second-order valence-electron chi connectivity index (χ2n) is 5.63. The number of nitrogens with zero attached hydrogens (tertiary/aromatic N) is 3. The van der Waals surface area contributed by atoms with Crippen LogP contribution in [0.4, 0.5) is 5.95 Å². The summed E-state index contributed by atoms with van der Waals surface area (Å²) in [6.45, 7) is 1.89. The lowest BCUT2D eigenvalue weighted by Crippen LogP contribution is -2.40. The van der Waals surface area contributed by atoms with Gasteiger partial charge in [0.05, 0.1) is 12.0 Å². The van der Waals surface area contributed by atoms with Gasteiger partial charge in [0.25, 0.3) is 0 Å². The maximum atomic E-state index is 5.96. The first-order valence-electron chi connectivity index (χ1n) is 7.24. The molecule has 5 nitrogen and oxygen atoms in total. The summed E-state index contributed by atoms with van der Waals surface area (Å²) < 4.78 is 5.52. The monoisotopic (exact) mass is 270 g/mol. The van der Waals surface area contributed by atoms with Gasteiger partial charge in [-0.1, -0.05) is 0 Å². The highest BCUT2D eigenvalue weighted by Crippen LogP contribution is 2.33. The van der Waals surface area contributed by atoms with E-state index in [1.165, 1.54) is 5.56 Å². The number of nitrogens with two attached hydrogens (primary N) is 1. The fraction of sp³-hybridized carbons (Fsp3) is 0.467. The van der Waals surface area contributed by atoms with Crippen LogP contribution in [0.1, 0.15) is 24.2 Å². The molecule has 2 aliphatic rings. The fourth-order valence-electron chi connectivity index (χ4n) is 3.06. The van der Waals surface area contributed by atoms with E-state index in [-0.39, 0.29) is 0 Å². The third-order valence-corrected chi connectivity index (χ3v) is 4.30. The Morgan fingerprint density at radius 1 is 1.25 bits per heavy atom. The Balaban J connectivity index is 1.69. The Bertz CT molecular complexity index is 629. The lowest BCUT2D eigenvalue weighted by Gasteiger charge is -2.30. The average Bonchev–Trinajstić information content (AvgIpc) is 2.96. The Kier molecular flexibility index (Phi) is 2.73. The van der Waals surface area contributed by atoms with Crippen molar-refractivity contribution in [2.75, 3.05) is 18.0 Å². The highest BCUT2D eigenvalue weighted by Gasteiger charge is 2.23. The summed E-state index contributed by atoms with van der Waals surface area (Å²) in [5.74, 6) is 1.87. The van der Waals surface area contributed by atoms with Crippen LogP contribution in [0, 0.1) is 0 Å². The van der Waals surface area contributed by atoms with Gasteiger partial charge in [-0.15, -0.1) is 0 Å². The van der Waals surface area contributed by atoms with Gasteiger partial charge in [-0.25, -0.2) is 9.97 Å². The van der Waals surface area contributed by atoms with Crippen LogP contribution in [-0.2, 0) is 12.8 Å². The van der Waals surface area contributed by atoms with E-state index in [2.05, 4.69) is 9.88 Å². The minimum atomic E-state index is 0.323. The van der Waals surface area contributed by atoms with Crippen molar-refractivity contribution in [1.82, 2.24) is 9.97 Å². The van der Waals surface area contributed by atoms with Crippen molar-refractivity contribution in [1.29, 1.82) is 0 Å². The van der Waals surface area contributed by atoms with Crippen molar-refractivity contribution < 1.29 is 4.42 Å². The molecule has 1 saturated heterocycles. The highest BCUT2D eigenvalue weighted by molar-refractivity contribution is 5.68. The minimum absolute atomic E-state index is 0.323. The van der Waals surface area contributed by atoms with E-state index in [0.29, 0.717) is 6.04 Å². The minimum Gasteiger partial charge on any atom is -0.469 e. The smallest absolute Gasteiger partial charge is 0.225 e. The zero-order valence-electron chi connectivity index (χ0n) is 11.4. The second kappa shape index (κ2) is 4.59. The summed E-state index contributed by atoms with van der Waals surface area (Å²) in [4.78, 5) is 11.6. The standard InChI is InChI=1S/C15H18N4O/c16-11-3-6-19(7-4-11)15-17-9-10-1-2-13-12(5-8-20-13)14(10)18-15/h5,8-9,11H,1-4,6-7,16H2. The molecule has 5 heteroatoms. The fourth-order valence-corrected chi connectivity index (χ4v) is 3.06. The molecule has 0 radical (unpaired) electrons. The molecule has 0 saturated carbocycles. The summed E-state index contributed by atoms with van der Waals surface area (Å²) in [5.41, 5.74) is 9.34. The SMILES string of the molecule is NC1CCN(c2ncc3c(n2)-c2ccoc2CC3)CC1. The molecular formula is C15H18N4O. The van der Waals surface area contributed by atoms with Gasteiger partial charge in [0.1, 0.15) is 5.76 Å². The maximum Gasteiger partial charge on any atom is 0.225 e. The Labute approximate surface area is 117 Å². The molecule has 1 aliphatic heterocycles. The van der Waals surface area contributed by atoms with Gasteiger partial charge in [-0.2, -0.15) is 0 Å². The lowest BCUT2D eigenvalue weighted by molar-refractivity contribution is 0.494. The molecule has 0 aromatic carbocycles. The molecule has 2 aromatic heterocycles. The van der Waals surface area contributed by atoms with Crippen LogP contribution in [0.25, 0.3) is 11.3 Å². The molecule has 1 aliphatic carbocycles. The Morgan fingerprint density at radius 3 is 2.95 bits per heavy atom. The largest absolute Gasteiger partial charge is 0.469 e. The van der Waals surface area contributed by atoms with Gasteiger partial charge in [-0.05, 0) is 30.9 Å². The van der Waals surface area contributed by atoms with Crippen LogP contribution < -0.4 is 10.6 Å². The number of piperidine rings is 1. The predicted octanol–water partition coefficient (Wildman–Crippen LogP) is 1.76. The van der Waals surface area contributed by atoms with Crippen LogP contribution >= 0.6 is 0 Å². The van der Waals surface area contributed by atoms with E-state index in [9.17, 15) is 0 Å². The normalized spacial score (nSPS) is 18.8. The molecule has 2 N–H and O–H groups in total. The summed E-state index contributed by atoms with van der Waals surface area (Å²) in [5, 5.41) is 0. The third kappa shape index (κ3) is 1.89. The van der Waals surface area contributed by atoms with E-state index in [1.807, 2.05) is 12.3 Å². The van der Waals surface area contributed by atoms with E-state index in [4.69, 9.17) is 15.1 Å². The van der Waals surface area contributed by atoms with Crippen molar-refractivity contribution >= 4 is 5.95 Å². The number of anilines is 1. The molecule has 2 aromatic rings. The molecule has 104 valence electrons. The molecule has 3 heterocycles. The first kappa shape index (κ1) is 11.9. The molecule has 4 rings (SSSR count). The molecule has 20 heavy (non-hydrogen) atoms. The zero-order chi connectivity index (χ0) is 13.5. The topological polar surface area (TPSA) is 68.2 Å². The number of fused-ring (bicyclic) bond motifs is 3. The van der Waals surface area contributed by atoms with Crippen molar-refractivity contribution in [2.24, 2.45) is 5.73 Å². The number of hydrogen-bond donors (Lipinski definition) is 1. The molecule has 0 bridgehead atoms. The second-order valence-corrected chi connectivity index (χ2v) is 5.63. The van der Waals surface area contributed by atoms with Crippen molar-refractivity contribution in [2.45, 2.75) is 31.7 Å². The lowest BCUT2D eigenvalue weighted by atomic mass is 9.96. The maximum absolute atomic E-state index is 5.96. The van der Waals surface area contributed by atoms with Crippen LogP contribution in [0.3, 0.4) is 0 Å². The van der Waals surface area contributed by atoms with Gasteiger partial charge in [0, 0.05) is 37.3 Å². The number of rotatable bonds is 1. The number of furan rings is 1. The van der Waals surface area contributed by atoms with Gasteiger partial charge in [-0.3, -0.25) is 0 Å². The number of aromatic nitrogens is 2. The van der Waals surface area contributed by atoms with Crippen molar-refractivity contribution in [3.8, 4) is 11.3 Å². The quantitative estimate of drug-likeness (QED) is 0.855. The first-order valence-corrected chi connectivity index (χ1v) is 7.24. The van der Waals surface area contributed by atoms with E-state index in [1.54, 1.807) is 6.26 Å². The zero-order valence-corrected chi connectivity index (χ0v) is 11.4. The van der Waals surface area contributed by atoms with Crippen LogP contribution in [-0.4, -0.2) is 29.1 Å². The van der Waals surface area contributed by atoms with Crippen LogP contribution in [0.2, 0.25) is 0 Å². The Morgan fingerprint density at radius 2 is 2.10 bits per heavy atom. The summed E-state index contributed by atoms with van der Waals surface area (Å²) in [7, 11) is 0. The average molecular weight is 270 g/mol. The van der Waals surface area contributed by atoms with E-state index >= 15 is 0 Å².